The van der Waals surface area contributed by atoms with E-state index in [-0.39, 0.29) is 5.92 Å². The van der Waals surface area contributed by atoms with Crippen molar-refractivity contribution in [1.82, 2.24) is 4.90 Å². The third kappa shape index (κ3) is 5.23. The van der Waals surface area contributed by atoms with Gasteiger partial charge in [-0.15, -0.1) is 0 Å². The monoisotopic (exact) mass is 433 g/mol. The van der Waals surface area contributed by atoms with Crippen LogP contribution in [0.4, 0.5) is 0 Å². The van der Waals surface area contributed by atoms with E-state index in [4.69, 9.17) is 14.6 Å². The Morgan fingerprint density at radius 1 is 1.19 bits per heavy atom. The first kappa shape index (κ1) is 19.7. The molecule has 6 heteroatoms. The summed E-state index contributed by atoms with van der Waals surface area (Å²) in [7, 11) is 1.64. The van der Waals surface area contributed by atoms with Crippen LogP contribution >= 0.6 is 15.9 Å². The molecule has 5 nitrogen and oxygen atoms in total. The Kier molecular flexibility index (Phi) is 6.74. The smallest absolute Gasteiger partial charge is 0.306 e. The number of aliphatic carboxylic acids is 1. The molecule has 0 spiro atoms. The number of piperidine rings is 1. The number of carboxylic acid groups (broad SMARTS) is 1. The van der Waals surface area contributed by atoms with Gasteiger partial charge in [-0.2, -0.15) is 0 Å². The lowest BCUT2D eigenvalue weighted by Crippen LogP contribution is -2.35. The highest BCUT2D eigenvalue weighted by molar-refractivity contribution is 9.10. The second kappa shape index (κ2) is 9.24. The second-order valence-electron chi connectivity index (χ2n) is 6.76. The molecule has 0 unspecified atom stereocenters. The zero-order chi connectivity index (χ0) is 19.2. The Morgan fingerprint density at radius 3 is 2.52 bits per heavy atom. The van der Waals surface area contributed by atoms with E-state index in [1.165, 1.54) is 0 Å². The standard InChI is InChI=1S/C21H24BrNO4/c1-26-19-11-17(13-23-9-7-16(8-10-23)21(24)25)18(22)12-20(19)27-14-15-5-3-2-4-6-15/h2-6,11-12,16H,7-10,13-14H2,1H3,(H,24,25). The summed E-state index contributed by atoms with van der Waals surface area (Å²) in [4.78, 5) is 13.4. The number of halogens is 1. The Bertz CT molecular complexity index is 773. The van der Waals surface area contributed by atoms with Crippen LogP contribution in [0.2, 0.25) is 0 Å². The first-order valence-corrected chi connectivity index (χ1v) is 9.84. The maximum Gasteiger partial charge on any atom is 0.306 e. The van der Waals surface area contributed by atoms with E-state index in [9.17, 15) is 4.79 Å². The van der Waals surface area contributed by atoms with Gasteiger partial charge in [0.05, 0.1) is 13.0 Å². The molecule has 1 fully saturated rings. The Morgan fingerprint density at radius 2 is 1.89 bits per heavy atom. The highest BCUT2D eigenvalue weighted by Crippen LogP contribution is 2.35. The van der Waals surface area contributed by atoms with Crippen molar-refractivity contribution in [3.63, 3.8) is 0 Å². The minimum atomic E-state index is -0.683. The number of hydrogen-bond donors (Lipinski definition) is 1. The van der Waals surface area contributed by atoms with Crippen molar-refractivity contribution < 1.29 is 19.4 Å². The van der Waals surface area contributed by atoms with Gasteiger partial charge in [0.25, 0.3) is 0 Å². The van der Waals surface area contributed by atoms with Crippen LogP contribution in [-0.2, 0) is 17.9 Å². The summed E-state index contributed by atoms with van der Waals surface area (Å²) in [6, 6.07) is 13.9. The van der Waals surface area contributed by atoms with Gasteiger partial charge in [0.2, 0.25) is 0 Å². The van der Waals surface area contributed by atoms with E-state index in [0.717, 1.165) is 35.2 Å². The Labute approximate surface area is 168 Å². The quantitative estimate of drug-likeness (QED) is 0.703. The topological polar surface area (TPSA) is 59.0 Å². The number of likely N-dealkylation sites (tertiary alicyclic amines) is 1. The van der Waals surface area contributed by atoms with E-state index in [0.29, 0.717) is 30.9 Å². The summed E-state index contributed by atoms with van der Waals surface area (Å²) >= 11 is 3.64. The number of methoxy groups -OCH3 is 1. The van der Waals surface area contributed by atoms with Gasteiger partial charge in [0.1, 0.15) is 6.61 Å². The molecular weight excluding hydrogens is 410 g/mol. The fourth-order valence-electron chi connectivity index (χ4n) is 3.28. The summed E-state index contributed by atoms with van der Waals surface area (Å²) in [5.41, 5.74) is 2.20. The summed E-state index contributed by atoms with van der Waals surface area (Å²) in [5, 5.41) is 9.13. The first-order valence-electron chi connectivity index (χ1n) is 9.05. The minimum Gasteiger partial charge on any atom is -0.493 e. The van der Waals surface area contributed by atoms with Crippen molar-refractivity contribution in [2.45, 2.75) is 26.0 Å². The minimum absolute atomic E-state index is 0.215. The fourth-order valence-corrected chi connectivity index (χ4v) is 3.73. The van der Waals surface area contributed by atoms with Gasteiger partial charge in [-0.25, -0.2) is 0 Å². The highest BCUT2D eigenvalue weighted by Gasteiger charge is 2.25. The van der Waals surface area contributed by atoms with Gasteiger partial charge in [-0.3, -0.25) is 9.69 Å². The average Bonchev–Trinajstić information content (AvgIpc) is 2.69. The van der Waals surface area contributed by atoms with Crippen molar-refractivity contribution in [3.05, 3.63) is 58.1 Å². The van der Waals surface area contributed by atoms with Gasteiger partial charge in [0, 0.05) is 11.0 Å². The van der Waals surface area contributed by atoms with Crippen molar-refractivity contribution in [2.75, 3.05) is 20.2 Å². The van der Waals surface area contributed by atoms with Gasteiger partial charge in [-0.1, -0.05) is 46.3 Å². The molecule has 1 saturated heterocycles. The molecule has 0 radical (unpaired) electrons. The molecule has 2 aromatic rings. The first-order chi connectivity index (χ1) is 13.1. The molecule has 0 saturated carbocycles. The molecular formula is C21H24BrNO4. The molecule has 144 valence electrons. The van der Waals surface area contributed by atoms with Crippen LogP contribution in [0.25, 0.3) is 0 Å². The lowest BCUT2D eigenvalue weighted by Gasteiger charge is -2.30. The number of carboxylic acids is 1. The van der Waals surface area contributed by atoms with E-state index in [2.05, 4.69) is 20.8 Å². The van der Waals surface area contributed by atoms with E-state index < -0.39 is 5.97 Å². The maximum absolute atomic E-state index is 11.1. The summed E-state index contributed by atoms with van der Waals surface area (Å²) < 4.78 is 12.4. The van der Waals surface area contributed by atoms with Crippen LogP contribution in [0.1, 0.15) is 24.0 Å². The second-order valence-corrected chi connectivity index (χ2v) is 7.61. The molecule has 2 aromatic carbocycles. The van der Waals surface area contributed by atoms with Crippen LogP contribution in [0.5, 0.6) is 11.5 Å². The average molecular weight is 434 g/mol. The molecule has 3 rings (SSSR count). The van der Waals surface area contributed by atoms with Gasteiger partial charge in [-0.05, 0) is 49.2 Å². The van der Waals surface area contributed by atoms with Crippen LogP contribution in [0, 0.1) is 5.92 Å². The molecule has 1 N–H and O–H groups in total. The van der Waals surface area contributed by atoms with Crippen LogP contribution < -0.4 is 9.47 Å². The van der Waals surface area contributed by atoms with Gasteiger partial charge >= 0.3 is 5.97 Å². The van der Waals surface area contributed by atoms with Crippen molar-refractivity contribution in [3.8, 4) is 11.5 Å². The SMILES string of the molecule is COc1cc(CN2CCC(C(=O)O)CC2)c(Br)cc1OCc1ccccc1. The van der Waals surface area contributed by atoms with Crippen LogP contribution in [0.15, 0.2) is 46.9 Å². The molecule has 1 heterocycles. The van der Waals surface area contributed by atoms with E-state index >= 15 is 0 Å². The number of ether oxygens (including phenoxy) is 2. The predicted molar refractivity (Wildman–Crippen MR) is 107 cm³/mol. The molecule has 0 aliphatic carbocycles. The zero-order valence-electron chi connectivity index (χ0n) is 15.4. The Balaban J connectivity index is 1.66. The van der Waals surface area contributed by atoms with E-state index in [1.807, 2.05) is 42.5 Å². The summed E-state index contributed by atoms with van der Waals surface area (Å²) in [6.45, 7) is 2.81. The summed E-state index contributed by atoms with van der Waals surface area (Å²) in [5.74, 6) is 0.497. The highest BCUT2D eigenvalue weighted by atomic mass is 79.9. The van der Waals surface area contributed by atoms with E-state index in [1.54, 1.807) is 7.11 Å². The molecule has 0 bridgehead atoms. The molecule has 1 aliphatic rings. The number of benzene rings is 2. The maximum atomic E-state index is 11.1. The lowest BCUT2D eigenvalue weighted by molar-refractivity contribution is -0.143. The molecule has 0 aromatic heterocycles. The number of carbonyl (C=O) groups is 1. The van der Waals surface area contributed by atoms with Crippen molar-refractivity contribution >= 4 is 21.9 Å². The third-order valence-electron chi connectivity index (χ3n) is 4.90. The van der Waals surface area contributed by atoms with Gasteiger partial charge in [0.15, 0.2) is 11.5 Å². The fraction of sp³-hybridized carbons (Fsp3) is 0.381. The third-order valence-corrected chi connectivity index (χ3v) is 5.64. The molecule has 27 heavy (non-hydrogen) atoms. The predicted octanol–water partition coefficient (Wildman–Crippen LogP) is 4.33. The number of rotatable bonds is 7. The van der Waals surface area contributed by atoms with Gasteiger partial charge < -0.3 is 14.6 Å². The summed E-state index contributed by atoms with van der Waals surface area (Å²) in [6.07, 6.45) is 1.39. The van der Waals surface area contributed by atoms with Crippen LogP contribution in [-0.4, -0.2) is 36.2 Å². The largest absolute Gasteiger partial charge is 0.493 e. The molecule has 0 amide bonds. The number of nitrogens with zero attached hydrogens (tertiary/aromatic N) is 1. The zero-order valence-corrected chi connectivity index (χ0v) is 16.9. The van der Waals surface area contributed by atoms with Crippen LogP contribution in [0.3, 0.4) is 0 Å². The molecule has 1 aliphatic heterocycles. The van der Waals surface area contributed by atoms with Crippen molar-refractivity contribution in [2.24, 2.45) is 5.92 Å². The Hall–Kier alpha value is -2.05. The number of hydrogen-bond acceptors (Lipinski definition) is 4. The van der Waals surface area contributed by atoms with Crippen molar-refractivity contribution in [1.29, 1.82) is 0 Å². The molecule has 0 atom stereocenters. The normalized spacial score (nSPS) is 15.5. The lowest BCUT2D eigenvalue weighted by atomic mass is 9.97.